The second-order valence-corrected chi connectivity index (χ2v) is 7.14. The van der Waals surface area contributed by atoms with E-state index < -0.39 is 23.4 Å². The monoisotopic (exact) mass is 467 g/mol. The molecule has 0 saturated carbocycles. The number of fused-ring (bicyclic) bond motifs is 1. The van der Waals surface area contributed by atoms with E-state index in [4.69, 9.17) is 0 Å². The van der Waals surface area contributed by atoms with Crippen LogP contribution in [0.5, 0.6) is 5.75 Å². The lowest BCUT2D eigenvalue weighted by Crippen LogP contribution is -2.17. The molecule has 0 unspecified atom stereocenters. The van der Waals surface area contributed by atoms with Crippen LogP contribution < -0.4 is 10.2 Å². The smallest absolute Gasteiger partial charge is 0.406 e. The van der Waals surface area contributed by atoms with Crippen molar-refractivity contribution in [3.63, 3.8) is 0 Å². The van der Waals surface area contributed by atoms with Gasteiger partial charge in [-0.15, -0.1) is 13.2 Å². The predicted molar refractivity (Wildman–Crippen MR) is 114 cm³/mol. The van der Waals surface area contributed by atoms with Gasteiger partial charge in [-0.05, 0) is 42.5 Å². The number of ether oxygens (including phenoxy) is 1. The van der Waals surface area contributed by atoms with Gasteiger partial charge in [-0.25, -0.2) is 13.8 Å². The number of benzene rings is 2. The van der Waals surface area contributed by atoms with Gasteiger partial charge in [-0.1, -0.05) is 6.07 Å². The zero-order valence-corrected chi connectivity index (χ0v) is 17.1. The van der Waals surface area contributed by atoms with Crippen molar-refractivity contribution >= 4 is 10.9 Å². The number of rotatable bonds is 4. The van der Waals surface area contributed by atoms with Crippen LogP contribution in [0.2, 0.25) is 0 Å². The van der Waals surface area contributed by atoms with E-state index in [0.717, 1.165) is 12.1 Å². The first-order valence-corrected chi connectivity index (χ1v) is 9.84. The molecule has 2 aromatic carbocycles. The van der Waals surface area contributed by atoms with E-state index in [0.29, 0.717) is 22.3 Å². The summed E-state index contributed by atoms with van der Waals surface area (Å²) in [6.07, 6.45) is -0.530. The van der Waals surface area contributed by atoms with E-state index in [9.17, 15) is 22.4 Å². The molecule has 3 heterocycles. The SMILES string of the molecule is O=c1ccn(-c2cccc(OC(F)(F)F)c2)nc1-c1ccnn1-c1ccnc2ccc(F)cc12. The standard InChI is InChI=1S/C23H13F4N5O2/c24-14-4-5-18-17(12-14)19(6-9-28-18)32-20(7-10-29-32)22-21(33)8-11-31(30-22)15-2-1-3-16(13-15)34-23(25,26)27/h1-13H. The number of hydrogen-bond acceptors (Lipinski definition) is 5. The molecule has 0 fully saturated rings. The molecular formula is C23H13F4N5O2. The van der Waals surface area contributed by atoms with Crippen molar-refractivity contribution in [1.29, 1.82) is 0 Å². The van der Waals surface area contributed by atoms with E-state index in [-0.39, 0.29) is 11.4 Å². The van der Waals surface area contributed by atoms with Crippen LogP contribution in [0.3, 0.4) is 0 Å². The van der Waals surface area contributed by atoms with Crippen LogP contribution in [0.25, 0.3) is 33.7 Å². The Labute approximate surface area is 188 Å². The third kappa shape index (κ3) is 4.10. The molecule has 7 nitrogen and oxygen atoms in total. The quantitative estimate of drug-likeness (QED) is 0.359. The maximum absolute atomic E-state index is 13.9. The maximum atomic E-state index is 13.9. The first kappa shape index (κ1) is 21.3. The van der Waals surface area contributed by atoms with Gasteiger partial charge in [0.15, 0.2) is 5.69 Å². The number of alkyl halides is 3. The van der Waals surface area contributed by atoms with Crippen molar-refractivity contribution in [2.45, 2.75) is 6.36 Å². The molecule has 34 heavy (non-hydrogen) atoms. The Kier molecular flexibility index (Phi) is 5.08. The Hall–Kier alpha value is -4.54. The molecule has 0 spiro atoms. The van der Waals surface area contributed by atoms with Crippen LogP contribution in [0, 0.1) is 5.82 Å². The van der Waals surface area contributed by atoms with E-state index in [2.05, 4.69) is 19.9 Å². The summed E-state index contributed by atoms with van der Waals surface area (Å²) in [7, 11) is 0. The van der Waals surface area contributed by atoms with Crippen LogP contribution in [0.1, 0.15) is 0 Å². The summed E-state index contributed by atoms with van der Waals surface area (Å²) in [6, 6.07) is 13.7. The fourth-order valence-corrected chi connectivity index (χ4v) is 3.52. The normalized spacial score (nSPS) is 11.6. The fourth-order valence-electron chi connectivity index (χ4n) is 3.52. The van der Waals surface area contributed by atoms with Gasteiger partial charge in [-0.3, -0.25) is 9.78 Å². The molecule has 0 saturated heterocycles. The zero-order chi connectivity index (χ0) is 23.9. The predicted octanol–water partition coefficient (Wildman–Crippen LogP) is 4.67. The third-order valence-corrected chi connectivity index (χ3v) is 4.92. The molecular weight excluding hydrogens is 454 g/mol. The van der Waals surface area contributed by atoms with Gasteiger partial charge in [-0.2, -0.15) is 10.2 Å². The molecule has 0 amide bonds. The summed E-state index contributed by atoms with van der Waals surface area (Å²) in [6.45, 7) is 0. The van der Waals surface area contributed by atoms with Crippen LogP contribution in [0.15, 0.2) is 84.0 Å². The van der Waals surface area contributed by atoms with Crippen molar-refractivity contribution < 1.29 is 22.3 Å². The topological polar surface area (TPSA) is 74.8 Å². The number of pyridine rings is 1. The molecule has 0 bridgehead atoms. The van der Waals surface area contributed by atoms with E-state index in [1.54, 1.807) is 12.1 Å². The molecule has 5 aromatic rings. The molecule has 3 aromatic heterocycles. The lowest BCUT2D eigenvalue weighted by molar-refractivity contribution is -0.274. The molecule has 0 aliphatic carbocycles. The van der Waals surface area contributed by atoms with Crippen molar-refractivity contribution in [1.82, 2.24) is 24.5 Å². The van der Waals surface area contributed by atoms with Gasteiger partial charge in [0, 0.05) is 29.9 Å². The molecule has 0 atom stereocenters. The summed E-state index contributed by atoms with van der Waals surface area (Å²) in [5, 5.41) is 9.07. The summed E-state index contributed by atoms with van der Waals surface area (Å²) in [4.78, 5) is 16.9. The summed E-state index contributed by atoms with van der Waals surface area (Å²) in [5.74, 6) is -0.890. The highest BCUT2D eigenvalue weighted by atomic mass is 19.4. The molecule has 0 aliphatic rings. The lowest BCUT2D eigenvalue weighted by atomic mass is 10.1. The van der Waals surface area contributed by atoms with Gasteiger partial charge in [0.25, 0.3) is 0 Å². The van der Waals surface area contributed by atoms with Gasteiger partial charge in [0.2, 0.25) is 5.43 Å². The fraction of sp³-hybridized carbons (Fsp3) is 0.0435. The highest BCUT2D eigenvalue weighted by Crippen LogP contribution is 2.27. The van der Waals surface area contributed by atoms with E-state index in [1.807, 2.05) is 0 Å². The van der Waals surface area contributed by atoms with Crippen molar-refractivity contribution in [2.75, 3.05) is 0 Å². The Morgan fingerprint density at radius 1 is 0.941 bits per heavy atom. The highest BCUT2D eigenvalue weighted by molar-refractivity contribution is 5.87. The molecule has 0 N–H and O–H groups in total. The largest absolute Gasteiger partial charge is 0.573 e. The number of hydrogen-bond donors (Lipinski definition) is 0. The minimum absolute atomic E-state index is 0.0106. The Balaban J connectivity index is 1.62. The third-order valence-electron chi connectivity index (χ3n) is 4.92. The molecule has 5 rings (SSSR count). The maximum Gasteiger partial charge on any atom is 0.573 e. The van der Waals surface area contributed by atoms with Gasteiger partial charge < -0.3 is 4.74 Å². The zero-order valence-electron chi connectivity index (χ0n) is 17.1. The Morgan fingerprint density at radius 2 is 1.79 bits per heavy atom. The minimum Gasteiger partial charge on any atom is -0.406 e. The Morgan fingerprint density at radius 3 is 2.62 bits per heavy atom. The van der Waals surface area contributed by atoms with Crippen LogP contribution in [0.4, 0.5) is 17.6 Å². The molecule has 0 aliphatic heterocycles. The first-order chi connectivity index (χ1) is 16.3. The van der Waals surface area contributed by atoms with Crippen LogP contribution >= 0.6 is 0 Å². The van der Waals surface area contributed by atoms with Crippen molar-refractivity contribution in [3.05, 3.63) is 95.3 Å². The second-order valence-electron chi connectivity index (χ2n) is 7.14. The van der Waals surface area contributed by atoms with E-state index in [1.165, 1.54) is 64.4 Å². The minimum atomic E-state index is -4.85. The van der Waals surface area contributed by atoms with Gasteiger partial charge in [0.05, 0.1) is 28.8 Å². The number of aromatic nitrogens is 5. The second kappa shape index (κ2) is 8.10. The average Bonchev–Trinajstić information content (AvgIpc) is 3.27. The van der Waals surface area contributed by atoms with Gasteiger partial charge in [0.1, 0.15) is 11.6 Å². The summed E-state index contributed by atoms with van der Waals surface area (Å²) in [5.41, 5.74) is 1.10. The average molecular weight is 467 g/mol. The molecule has 0 radical (unpaired) electrons. The highest BCUT2D eigenvalue weighted by Gasteiger charge is 2.31. The summed E-state index contributed by atoms with van der Waals surface area (Å²) >= 11 is 0. The number of halogens is 4. The van der Waals surface area contributed by atoms with Gasteiger partial charge >= 0.3 is 6.36 Å². The van der Waals surface area contributed by atoms with Crippen LogP contribution in [-0.4, -0.2) is 30.9 Å². The van der Waals surface area contributed by atoms with Crippen LogP contribution in [-0.2, 0) is 0 Å². The molecule has 170 valence electrons. The Bertz CT molecular complexity index is 1580. The number of nitrogens with zero attached hydrogens (tertiary/aromatic N) is 5. The van der Waals surface area contributed by atoms with Crippen molar-refractivity contribution in [3.8, 4) is 28.5 Å². The lowest BCUT2D eigenvalue weighted by Gasteiger charge is -2.13. The van der Waals surface area contributed by atoms with Crippen molar-refractivity contribution in [2.24, 2.45) is 0 Å². The molecule has 11 heteroatoms. The first-order valence-electron chi connectivity index (χ1n) is 9.84. The van der Waals surface area contributed by atoms with E-state index >= 15 is 0 Å². The summed E-state index contributed by atoms with van der Waals surface area (Å²) < 4.78 is 58.4.